The molecule has 1 atom stereocenters. The van der Waals surface area contributed by atoms with Crippen LogP contribution in [-0.4, -0.2) is 30.6 Å². The van der Waals surface area contributed by atoms with E-state index in [1.165, 1.54) is 37.8 Å². The first-order valence-corrected chi connectivity index (χ1v) is 8.76. The van der Waals surface area contributed by atoms with Gasteiger partial charge in [-0.05, 0) is 56.1 Å². The van der Waals surface area contributed by atoms with Gasteiger partial charge < -0.3 is 5.32 Å². The molecule has 0 bridgehead atoms. The van der Waals surface area contributed by atoms with Crippen molar-refractivity contribution in [2.45, 2.75) is 45.2 Å². The summed E-state index contributed by atoms with van der Waals surface area (Å²) in [4.78, 5) is 2.54. The van der Waals surface area contributed by atoms with Crippen molar-refractivity contribution in [3.63, 3.8) is 0 Å². The smallest absolute Gasteiger partial charge is 0.0410 e. The maximum Gasteiger partial charge on any atom is 0.0410 e. The summed E-state index contributed by atoms with van der Waals surface area (Å²) in [5.74, 6) is 0. The molecule has 1 unspecified atom stereocenters. The quantitative estimate of drug-likeness (QED) is 0.807. The molecule has 0 amide bonds. The molecule has 1 aliphatic heterocycles. The third-order valence-electron chi connectivity index (χ3n) is 3.83. The molecule has 1 aromatic rings. The van der Waals surface area contributed by atoms with Crippen molar-refractivity contribution in [1.82, 2.24) is 10.2 Å². The van der Waals surface area contributed by atoms with Crippen molar-refractivity contribution in [2.24, 2.45) is 0 Å². The fourth-order valence-corrected chi connectivity index (χ4v) is 3.41. The number of benzene rings is 1. The number of hydrogen-bond donors (Lipinski definition) is 1. The summed E-state index contributed by atoms with van der Waals surface area (Å²) >= 11 is 9.75. The topological polar surface area (TPSA) is 15.3 Å². The molecule has 2 rings (SSSR count). The third kappa shape index (κ3) is 5.03. The average molecular weight is 360 g/mol. The molecule has 0 aromatic heterocycles. The van der Waals surface area contributed by atoms with Gasteiger partial charge in [-0.1, -0.05) is 40.9 Å². The highest BCUT2D eigenvalue weighted by molar-refractivity contribution is 9.10. The first-order chi connectivity index (χ1) is 9.69. The molecule has 0 saturated carbocycles. The minimum atomic E-state index is 0.647. The normalized spacial score (nSPS) is 19.5. The molecule has 2 nitrogen and oxygen atoms in total. The zero-order valence-electron chi connectivity index (χ0n) is 12.2. The Morgan fingerprint density at radius 2 is 2.25 bits per heavy atom. The molecule has 1 N–H and O–H groups in total. The molecular weight excluding hydrogens is 336 g/mol. The van der Waals surface area contributed by atoms with Gasteiger partial charge in [0.05, 0.1) is 0 Å². The molecule has 0 radical (unpaired) electrons. The largest absolute Gasteiger partial charge is 0.313 e. The highest BCUT2D eigenvalue weighted by Crippen LogP contribution is 2.23. The van der Waals surface area contributed by atoms with Crippen LogP contribution in [0.1, 0.15) is 38.2 Å². The van der Waals surface area contributed by atoms with E-state index in [0.29, 0.717) is 6.04 Å². The van der Waals surface area contributed by atoms with E-state index in [4.69, 9.17) is 11.6 Å². The van der Waals surface area contributed by atoms with Crippen LogP contribution in [0.3, 0.4) is 0 Å². The zero-order chi connectivity index (χ0) is 14.4. The van der Waals surface area contributed by atoms with Crippen LogP contribution in [0.15, 0.2) is 22.7 Å². The van der Waals surface area contributed by atoms with E-state index in [1.54, 1.807) is 0 Å². The SMILES string of the molecule is CCCN(Cc1cc(Cl)ccc1Br)CC1CCCCN1. The average Bonchev–Trinajstić information content (AvgIpc) is 2.44. The fourth-order valence-electron chi connectivity index (χ4n) is 2.85. The molecule has 112 valence electrons. The number of hydrogen-bond acceptors (Lipinski definition) is 2. The van der Waals surface area contributed by atoms with Gasteiger partial charge in [0.25, 0.3) is 0 Å². The molecule has 1 fully saturated rings. The first-order valence-electron chi connectivity index (χ1n) is 7.58. The molecule has 0 aliphatic carbocycles. The van der Waals surface area contributed by atoms with Crippen LogP contribution < -0.4 is 5.32 Å². The Labute approximate surface area is 136 Å². The Balaban J connectivity index is 1.98. The van der Waals surface area contributed by atoms with Crippen LogP contribution in [0, 0.1) is 0 Å². The lowest BCUT2D eigenvalue weighted by Gasteiger charge is -2.30. The highest BCUT2D eigenvalue weighted by Gasteiger charge is 2.17. The van der Waals surface area contributed by atoms with Crippen LogP contribution in [-0.2, 0) is 6.54 Å². The lowest BCUT2D eigenvalue weighted by atomic mass is 10.0. The van der Waals surface area contributed by atoms with Crippen molar-refractivity contribution in [3.8, 4) is 0 Å². The molecule has 4 heteroatoms. The fraction of sp³-hybridized carbons (Fsp3) is 0.625. The van der Waals surface area contributed by atoms with Gasteiger partial charge in [-0.15, -0.1) is 0 Å². The van der Waals surface area contributed by atoms with Crippen molar-refractivity contribution in [2.75, 3.05) is 19.6 Å². The van der Waals surface area contributed by atoms with E-state index >= 15 is 0 Å². The molecule has 1 aliphatic rings. The van der Waals surface area contributed by atoms with Crippen molar-refractivity contribution in [3.05, 3.63) is 33.3 Å². The van der Waals surface area contributed by atoms with Crippen molar-refractivity contribution >= 4 is 27.5 Å². The second-order valence-corrected chi connectivity index (χ2v) is 6.91. The van der Waals surface area contributed by atoms with Gasteiger partial charge in [0, 0.05) is 28.6 Å². The lowest BCUT2D eigenvalue weighted by Crippen LogP contribution is -2.43. The maximum atomic E-state index is 6.12. The summed E-state index contributed by atoms with van der Waals surface area (Å²) in [6, 6.07) is 6.69. The van der Waals surface area contributed by atoms with Crippen molar-refractivity contribution < 1.29 is 0 Å². The van der Waals surface area contributed by atoms with Gasteiger partial charge >= 0.3 is 0 Å². The third-order valence-corrected chi connectivity index (χ3v) is 4.84. The molecule has 1 saturated heterocycles. The summed E-state index contributed by atoms with van der Waals surface area (Å²) in [5.41, 5.74) is 1.28. The van der Waals surface area contributed by atoms with Gasteiger partial charge in [-0.25, -0.2) is 0 Å². The van der Waals surface area contributed by atoms with Gasteiger partial charge in [-0.2, -0.15) is 0 Å². The molecule has 20 heavy (non-hydrogen) atoms. The van der Waals surface area contributed by atoms with Gasteiger partial charge in [0.15, 0.2) is 0 Å². The Bertz CT molecular complexity index is 419. The molecule has 1 heterocycles. The lowest BCUT2D eigenvalue weighted by molar-refractivity contribution is 0.217. The first kappa shape index (κ1) is 16.3. The summed E-state index contributed by atoms with van der Waals surface area (Å²) in [7, 11) is 0. The predicted molar refractivity (Wildman–Crippen MR) is 90.4 cm³/mol. The van der Waals surface area contributed by atoms with Crippen LogP contribution in [0.2, 0.25) is 5.02 Å². The van der Waals surface area contributed by atoms with Gasteiger partial charge in [-0.3, -0.25) is 4.90 Å². The predicted octanol–water partition coefficient (Wildman–Crippen LogP) is 4.46. The second kappa shape index (κ2) is 8.38. The monoisotopic (exact) mass is 358 g/mol. The zero-order valence-corrected chi connectivity index (χ0v) is 14.5. The Morgan fingerprint density at radius 3 is 2.95 bits per heavy atom. The van der Waals surface area contributed by atoms with Crippen LogP contribution in [0.4, 0.5) is 0 Å². The number of nitrogens with one attached hydrogen (secondary N) is 1. The number of piperidine rings is 1. The van der Waals surface area contributed by atoms with E-state index < -0.39 is 0 Å². The Morgan fingerprint density at radius 1 is 1.40 bits per heavy atom. The number of rotatable bonds is 6. The van der Waals surface area contributed by atoms with Crippen LogP contribution in [0.25, 0.3) is 0 Å². The summed E-state index contributed by atoms with van der Waals surface area (Å²) < 4.78 is 1.15. The minimum absolute atomic E-state index is 0.647. The molecule has 1 aromatic carbocycles. The van der Waals surface area contributed by atoms with E-state index in [0.717, 1.165) is 29.1 Å². The Hall–Kier alpha value is -0.0900. The standard InChI is InChI=1S/C16H24BrClN2/c1-2-9-20(12-15-5-3-4-8-19-15)11-13-10-14(18)6-7-16(13)17/h6-7,10,15,19H,2-5,8-9,11-12H2,1H3. The maximum absolute atomic E-state index is 6.12. The molecular formula is C16H24BrClN2. The van der Waals surface area contributed by atoms with Crippen LogP contribution in [0.5, 0.6) is 0 Å². The number of nitrogens with zero attached hydrogens (tertiary/aromatic N) is 1. The van der Waals surface area contributed by atoms with Gasteiger partial charge in [0.1, 0.15) is 0 Å². The summed E-state index contributed by atoms with van der Waals surface area (Å²) in [6.07, 6.45) is 5.17. The van der Waals surface area contributed by atoms with Crippen LogP contribution >= 0.6 is 27.5 Å². The second-order valence-electron chi connectivity index (χ2n) is 5.62. The van der Waals surface area contributed by atoms with Crippen molar-refractivity contribution in [1.29, 1.82) is 0 Å². The Kier molecular flexibility index (Phi) is 6.82. The summed E-state index contributed by atoms with van der Waals surface area (Å²) in [5, 5.41) is 4.46. The van der Waals surface area contributed by atoms with E-state index in [-0.39, 0.29) is 0 Å². The highest BCUT2D eigenvalue weighted by atomic mass is 79.9. The van der Waals surface area contributed by atoms with E-state index in [1.807, 2.05) is 12.1 Å². The molecule has 0 spiro atoms. The van der Waals surface area contributed by atoms with Gasteiger partial charge in [0.2, 0.25) is 0 Å². The summed E-state index contributed by atoms with van der Waals surface area (Å²) in [6.45, 7) is 6.65. The van der Waals surface area contributed by atoms with E-state index in [9.17, 15) is 0 Å². The minimum Gasteiger partial charge on any atom is -0.313 e. The number of halogens is 2. The van der Waals surface area contributed by atoms with E-state index in [2.05, 4.69) is 39.1 Å².